The summed E-state index contributed by atoms with van der Waals surface area (Å²) in [6, 6.07) is 7.10. The lowest BCUT2D eigenvalue weighted by atomic mass is 10.1. The third kappa shape index (κ3) is 2.07. The largest absolute Gasteiger partial charge is 0.490 e. The average Bonchev–Trinajstić information content (AvgIpc) is 3.09. The highest BCUT2D eigenvalue weighted by atomic mass is 16.5. The van der Waals surface area contributed by atoms with E-state index in [0.717, 1.165) is 18.6 Å². The van der Waals surface area contributed by atoms with E-state index in [9.17, 15) is 4.79 Å². The Hall–Kier alpha value is -2.30. The number of rotatable bonds is 4. The number of aromatic nitrogens is 2. The Labute approximate surface area is 104 Å². The van der Waals surface area contributed by atoms with Crippen LogP contribution >= 0.6 is 0 Å². The molecule has 3 N–H and O–H groups in total. The number of benzene rings is 1. The predicted octanol–water partition coefficient (Wildman–Crippen LogP) is 1.76. The molecule has 0 saturated heterocycles. The van der Waals surface area contributed by atoms with Crippen LogP contribution in [0.3, 0.4) is 0 Å². The topological polar surface area (TPSA) is 81.0 Å². The third-order valence-electron chi connectivity index (χ3n) is 2.86. The normalized spacial score (nSPS) is 14.4. The summed E-state index contributed by atoms with van der Waals surface area (Å²) in [4.78, 5) is 12.1. The van der Waals surface area contributed by atoms with Crippen LogP contribution in [-0.4, -0.2) is 22.1 Å². The van der Waals surface area contributed by atoms with Gasteiger partial charge in [-0.15, -0.1) is 0 Å². The molecule has 5 heteroatoms. The van der Waals surface area contributed by atoms with Crippen molar-refractivity contribution < 1.29 is 9.53 Å². The van der Waals surface area contributed by atoms with Gasteiger partial charge in [0.25, 0.3) is 0 Å². The Balaban J connectivity index is 1.79. The quantitative estimate of drug-likeness (QED) is 0.802. The Morgan fingerprint density at radius 2 is 2.06 bits per heavy atom. The first-order valence-corrected chi connectivity index (χ1v) is 5.84. The van der Waals surface area contributed by atoms with Crippen LogP contribution in [0.25, 0.3) is 0 Å². The lowest BCUT2D eigenvalue weighted by Crippen LogP contribution is -2.04. The fourth-order valence-corrected chi connectivity index (χ4v) is 1.70. The summed E-state index contributed by atoms with van der Waals surface area (Å²) < 4.78 is 5.62. The summed E-state index contributed by atoms with van der Waals surface area (Å²) in [6.45, 7) is 0. The summed E-state index contributed by atoms with van der Waals surface area (Å²) >= 11 is 0. The standard InChI is InChI=1S/C13H13N3O2/c14-13-11(7-15-16-13)12(17)8-1-3-9(4-2-8)18-10-5-6-10/h1-4,7,10H,5-6H2,(H3,14,15,16). The highest BCUT2D eigenvalue weighted by molar-refractivity contribution is 6.11. The zero-order valence-corrected chi connectivity index (χ0v) is 9.72. The zero-order valence-electron chi connectivity index (χ0n) is 9.72. The van der Waals surface area contributed by atoms with Crippen molar-refractivity contribution in [3.05, 3.63) is 41.6 Å². The molecule has 0 aliphatic heterocycles. The van der Waals surface area contributed by atoms with Gasteiger partial charge in [0.2, 0.25) is 0 Å². The van der Waals surface area contributed by atoms with Crippen LogP contribution < -0.4 is 10.5 Å². The van der Waals surface area contributed by atoms with Gasteiger partial charge in [0.15, 0.2) is 5.78 Å². The van der Waals surface area contributed by atoms with Gasteiger partial charge in [0, 0.05) is 5.56 Å². The number of aromatic amines is 1. The van der Waals surface area contributed by atoms with Crippen LogP contribution in [-0.2, 0) is 0 Å². The van der Waals surface area contributed by atoms with Gasteiger partial charge in [0.1, 0.15) is 11.6 Å². The van der Waals surface area contributed by atoms with E-state index in [0.29, 0.717) is 23.0 Å². The highest BCUT2D eigenvalue weighted by Gasteiger charge is 2.23. The molecule has 1 fully saturated rings. The van der Waals surface area contributed by atoms with Gasteiger partial charge in [-0.25, -0.2) is 0 Å². The molecule has 1 aliphatic carbocycles. The van der Waals surface area contributed by atoms with Gasteiger partial charge in [0.05, 0.1) is 17.9 Å². The van der Waals surface area contributed by atoms with E-state index in [4.69, 9.17) is 10.5 Å². The predicted molar refractivity (Wildman–Crippen MR) is 66.5 cm³/mol. The van der Waals surface area contributed by atoms with Crippen molar-refractivity contribution in [1.82, 2.24) is 10.2 Å². The molecule has 1 aromatic heterocycles. The second-order valence-electron chi connectivity index (χ2n) is 4.37. The molecule has 0 radical (unpaired) electrons. The van der Waals surface area contributed by atoms with Crippen LogP contribution in [0.5, 0.6) is 5.75 Å². The highest BCUT2D eigenvalue weighted by Crippen LogP contribution is 2.27. The number of nitrogens with one attached hydrogen (secondary N) is 1. The van der Waals surface area contributed by atoms with Crippen molar-refractivity contribution in [2.24, 2.45) is 0 Å². The molecule has 1 saturated carbocycles. The number of nitrogens with zero attached hydrogens (tertiary/aromatic N) is 1. The van der Waals surface area contributed by atoms with Crippen LogP contribution in [0.2, 0.25) is 0 Å². The number of hydrogen-bond donors (Lipinski definition) is 2. The monoisotopic (exact) mass is 243 g/mol. The van der Waals surface area contributed by atoms with Crippen LogP contribution in [0.4, 0.5) is 5.82 Å². The SMILES string of the molecule is Nc1[nH]ncc1C(=O)c1ccc(OC2CC2)cc1. The first-order valence-electron chi connectivity index (χ1n) is 5.84. The van der Waals surface area contributed by atoms with Gasteiger partial charge in [-0.3, -0.25) is 9.89 Å². The molecule has 1 heterocycles. The number of anilines is 1. The zero-order chi connectivity index (χ0) is 12.5. The summed E-state index contributed by atoms with van der Waals surface area (Å²) in [5.74, 6) is 0.951. The lowest BCUT2D eigenvalue weighted by Gasteiger charge is -2.05. The minimum atomic E-state index is -0.140. The van der Waals surface area contributed by atoms with Crippen LogP contribution in [0.15, 0.2) is 30.5 Å². The number of ether oxygens (including phenoxy) is 1. The van der Waals surface area contributed by atoms with E-state index in [2.05, 4.69) is 10.2 Å². The fraction of sp³-hybridized carbons (Fsp3) is 0.231. The summed E-state index contributed by atoms with van der Waals surface area (Å²) in [5.41, 5.74) is 6.59. The molecule has 5 nitrogen and oxygen atoms in total. The average molecular weight is 243 g/mol. The van der Waals surface area contributed by atoms with E-state index in [1.54, 1.807) is 12.1 Å². The number of H-pyrrole nitrogens is 1. The van der Waals surface area contributed by atoms with Crippen molar-refractivity contribution in [1.29, 1.82) is 0 Å². The Kier molecular flexibility index (Phi) is 2.51. The lowest BCUT2D eigenvalue weighted by molar-refractivity contribution is 0.103. The number of carbonyl (C=O) groups is 1. The van der Waals surface area contributed by atoms with Crippen molar-refractivity contribution in [3.63, 3.8) is 0 Å². The molecule has 18 heavy (non-hydrogen) atoms. The van der Waals surface area contributed by atoms with E-state index in [-0.39, 0.29) is 5.78 Å². The molecular weight excluding hydrogens is 230 g/mol. The van der Waals surface area contributed by atoms with Crippen molar-refractivity contribution >= 4 is 11.6 Å². The first-order chi connectivity index (χ1) is 8.74. The number of ketones is 1. The minimum Gasteiger partial charge on any atom is -0.490 e. The van der Waals surface area contributed by atoms with Gasteiger partial charge in [-0.1, -0.05) is 0 Å². The van der Waals surface area contributed by atoms with Gasteiger partial charge in [-0.2, -0.15) is 5.10 Å². The van der Waals surface area contributed by atoms with Gasteiger partial charge < -0.3 is 10.5 Å². The first kappa shape index (κ1) is 10.8. The number of hydrogen-bond acceptors (Lipinski definition) is 4. The Morgan fingerprint density at radius 1 is 1.33 bits per heavy atom. The molecule has 0 bridgehead atoms. The second kappa shape index (κ2) is 4.18. The number of carbonyl (C=O) groups excluding carboxylic acids is 1. The second-order valence-corrected chi connectivity index (χ2v) is 4.37. The smallest absolute Gasteiger partial charge is 0.198 e. The van der Waals surface area contributed by atoms with E-state index < -0.39 is 0 Å². The van der Waals surface area contributed by atoms with E-state index >= 15 is 0 Å². The molecule has 0 unspecified atom stereocenters. The maximum Gasteiger partial charge on any atom is 0.198 e. The summed E-state index contributed by atoms with van der Waals surface area (Å²) in [6.07, 6.45) is 4.03. The molecule has 1 aliphatic rings. The molecule has 92 valence electrons. The molecule has 3 rings (SSSR count). The van der Waals surface area contributed by atoms with Gasteiger partial charge >= 0.3 is 0 Å². The van der Waals surface area contributed by atoms with Crippen molar-refractivity contribution in [3.8, 4) is 5.75 Å². The molecule has 0 atom stereocenters. The van der Waals surface area contributed by atoms with E-state index in [1.807, 2.05) is 12.1 Å². The van der Waals surface area contributed by atoms with Crippen LogP contribution in [0, 0.1) is 0 Å². The molecule has 0 spiro atoms. The molecular formula is C13H13N3O2. The minimum absolute atomic E-state index is 0.140. The summed E-state index contributed by atoms with van der Waals surface area (Å²) in [7, 11) is 0. The Bertz CT molecular complexity index is 570. The van der Waals surface area contributed by atoms with Crippen molar-refractivity contribution in [2.75, 3.05) is 5.73 Å². The summed E-state index contributed by atoms with van der Waals surface area (Å²) in [5, 5.41) is 6.29. The molecule has 0 amide bonds. The fourth-order valence-electron chi connectivity index (χ4n) is 1.70. The molecule has 2 aromatic rings. The van der Waals surface area contributed by atoms with Gasteiger partial charge in [-0.05, 0) is 37.1 Å². The van der Waals surface area contributed by atoms with E-state index in [1.165, 1.54) is 6.20 Å². The van der Waals surface area contributed by atoms with Crippen LogP contribution in [0.1, 0.15) is 28.8 Å². The third-order valence-corrected chi connectivity index (χ3v) is 2.86. The van der Waals surface area contributed by atoms with Crippen molar-refractivity contribution in [2.45, 2.75) is 18.9 Å². The maximum atomic E-state index is 12.1. The Morgan fingerprint density at radius 3 is 2.61 bits per heavy atom. The number of nitrogens with two attached hydrogens (primary N) is 1. The molecule has 1 aromatic carbocycles. The number of nitrogen functional groups attached to an aromatic ring is 1. The maximum absolute atomic E-state index is 12.1.